The third-order valence-electron chi connectivity index (χ3n) is 9.03. The van der Waals surface area contributed by atoms with Crippen LogP contribution in [0.3, 0.4) is 0 Å². The first-order chi connectivity index (χ1) is 19.4. The molecule has 1 aromatic carbocycles. The molecule has 3 fully saturated rings. The standard InChI is InChI=1S/C29H38ClF6N3O3/c1-26(2,3)21-5-11-37(12-6-21)18-19-15-20(17-22(30)16-19)23(40)39-10-4-7-27(39)8-13-38(14-9-27)25(41)42-24(28(31,32)33)29(34,35)36/h15-17,21,24H,4-14,18H2,1-3H3. The van der Waals surface area contributed by atoms with Crippen LogP contribution in [-0.2, 0) is 11.3 Å². The first-order valence-electron chi connectivity index (χ1n) is 14.3. The Bertz CT molecular complexity index is 1120. The maximum absolute atomic E-state index is 13.8. The van der Waals surface area contributed by atoms with Crippen molar-refractivity contribution in [3.63, 3.8) is 0 Å². The highest BCUT2D eigenvalue weighted by molar-refractivity contribution is 6.31. The molecule has 236 valence electrons. The van der Waals surface area contributed by atoms with E-state index < -0.39 is 30.1 Å². The van der Waals surface area contributed by atoms with Crippen LogP contribution in [0, 0.1) is 11.3 Å². The van der Waals surface area contributed by atoms with Crippen molar-refractivity contribution in [1.29, 1.82) is 0 Å². The molecule has 0 N–H and O–H groups in total. The molecule has 3 aliphatic heterocycles. The van der Waals surface area contributed by atoms with Gasteiger partial charge in [-0.25, -0.2) is 4.79 Å². The molecular weight excluding hydrogens is 588 g/mol. The highest BCUT2D eigenvalue weighted by Crippen LogP contribution is 2.41. The number of ether oxygens (including phenoxy) is 1. The number of likely N-dealkylation sites (tertiary alicyclic amines) is 3. The zero-order chi connectivity index (χ0) is 31.1. The van der Waals surface area contributed by atoms with Gasteiger partial charge in [0.2, 0.25) is 0 Å². The SMILES string of the molecule is CC(C)(C)C1CCN(Cc2cc(Cl)cc(C(=O)N3CCCC34CCN(C(=O)OC(C(F)(F)F)C(F)(F)F)CC4)c2)CC1. The first kappa shape index (κ1) is 32.7. The number of carbonyl (C=O) groups excluding carboxylic acids is 2. The zero-order valence-corrected chi connectivity index (χ0v) is 24.8. The number of piperidine rings is 2. The summed E-state index contributed by atoms with van der Waals surface area (Å²) in [6.45, 7) is 9.57. The number of rotatable bonds is 4. The van der Waals surface area contributed by atoms with Gasteiger partial charge in [0.05, 0.1) is 0 Å². The van der Waals surface area contributed by atoms with Gasteiger partial charge in [0.15, 0.2) is 0 Å². The third kappa shape index (κ3) is 7.46. The number of alkyl halides is 6. The smallest absolute Gasteiger partial charge is 0.426 e. The fraction of sp³-hybridized carbons (Fsp3) is 0.724. The molecule has 4 rings (SSSR count). The predicted octanol–water partition coefficient (Wildman–Crippen LogP) is 7.30. The lowest BCUT2D eigenvalue weighted by molar-refractivity contribution is -0.308. The highest BCUT2D eigenvalue weighted by atomic mass is 35.5. The Balaban J connectivity index is 1.40. The van der Waals surface area contributed by atoms with Crippen LogP contribution >= 0.6 is 11.6 Å². The molecule has 0 unspecified atom stereocenters. The second-order valence-corrected chi connectivity index (χ2v) is 13.3. The Morgan fingerprint density at radius 2 is 1.52 bits per heavy atom. The summed E-state index contributed by atoms with van der Waals surface area (Å²) in [5.74, 6) is 0.425. The molecule has 6 nitrogen and oxygen atoms in total. The summed E-state index contributed by atoms with van der Waals surface area (Å²) in [6, 6.07) is 5.32. The average Bonchev–Trinajstić information content (AvgIpc) is 3.27. The summed E-state index contributed by atoms with van der Waals surface area (Å²) < 4.78 is 81.0. The predicted molar refractivity (Wildman–Crippen MR) is 145 cm³/mol. The Labute approximate surface area is 247 Å². The van der Waals surface area contributed by atoms with Crippen molar-refractivity contribution in [3.8, 4) is 0 Å². The van der Waals surface area contributed by atoms with Crippen LogP contribution in [0.1, 0.15) is 75.2 Å². The van der Waals surface area contributed by atoms with E-state index in [1.54, 1.807) is 11.0 Å². The number of benzene rings is 1. The summed E-state index contributed by atoms with van der Waals surface area (Å²) in [7, 11) is 0. The Morgan fingerprint density at radius 1 is 0.929 bits per heavy atom. The molecule has 0 bridgehead atoms. The lowest BCUT2D eigenvalue weighted by Gasteiger charge is -2.45. The minimum atomic E-state index is -5.78. The number of halogens is 7. The Morgan fingerprint density at radius 3 is 2.07 bits per heavy atom. The van der Waals surface area contributed by atoms with Gasteiger partial charge >= 0.3 is 18.4 Å². The lowest BCUT2D eigenvalue weighted by Crippen LogP contribution is -2.56. The van der Waals surface area contributed by atoms with E-state index in [0.717, 1.165) is 36.4 Å². The monoisotopic (exact) mass is 625 g/mol. The van der Waals surface area contributed by atoms with Crippen molar-refractivity contribution in [2.24, 2.45) is 11.3 Å². The fourth-order valence-electron chi connectivity index (χ4n) is 6.61. The zero-order valence-electron chi connectivity index (χ0n) is 24.1. The summed E-state index contributed by atoms with van der Waals surface area (Å²) in [5, 5.41) is 0.440. The number of hydrogen-bond donors (Lipinski definition) is 0. The van der Waals surface area contributed by atoms with Gasteiger partial charge < -0.3 is 14.5 Å². The summed E-state index contributed by atoms with van der Waals surface area (Å²) >= 11 is 6.43. The normalized spacial score (nSPS) is 20.9. The van der Waals surface area contributed by atoms with E-state index in [1.165, 1.54) is 0 Å². The maximum Gasteiger partial charge on any atom is 0.434 e. The van der Waals surface area contributed by atoms with E-state index in [2.05, 4.69) is 30.4 Å². The van der Waals surface area contributed by atoms with Gasteiger partial charge in [-0.15, -0.1) is 0 Å². The van der Waals surface area contributed by atoms with E-state index in [9.17, 15) is 35.9 Å². The minimum Gasteiger partial charge on any atom is -0.426 e. The maximum atomic E-state index is 13.8. The van der Waals surface area contributed by atoms with Crippen molar-refractivity contribution in [1.82, 2.24) is 14.7 Å². The van der Waals surface area contributed by atoms with Gasteiger partial charge in [-0.05, 0) is 86.7 Å². The molecule has 0 radical (unpaired) electrons. The second kappa shape index (κ2) is 12.1. The molecule has 42 heavy (non-hydrogen) atoms. The van der Waals surface area contributed by atoms with E-state index in [0.29, 0.717) is 42.4 Å². The molecule has 3 aliphatic rings. The molecule has 2 amide bonds. The summed E-state index contributed by atoms with van der Waals surface area (Å²) in [6.07, 6.45) is -13.5. The largest absolute Gasteiger partial charge is 0.434 e. The van der Waals surface area contributed by atoms with Crippen LogP contribution in [0.4, 0.5) is 31.1 Å². The molecule has 1 aromatic rings. The topological polar surface area (TPSA) is 53.1 Å². The fourth-order valence-corrected chi connectivity index (χ4v) is 6.87. The Hall–Kier alpha value is -2.21. The minimum absolute atomic E-state index is 0.129. The molecule has 13 heteroatoms. The van der Waals surface area contributed by atoms with Crippen LogP contribution < -0.4 is 0 Å². The van der Waals surface area contributed by atoms with Crippen molar-refractivity contribution in [3.05, 3.63) is 34.3 Å². The van der Waals surface area contributed by atoms with E-state index in [4.69, 9.17) is 11.6 Å². The summed E-state index contributed by atoms with van der Waals surface area (Å²) in [4.78, 5) is 30.9. The molecule has 0 atom stereocenters. The molecule has 3 heterocycles. The lowest BCUT2D eigenvalue weighted by atomic mass is 9.75. The van der Waals surface area contributed by atoms with Gasteiger partial charge in [-0.1, -0.05) is 32.4 Å². The van der Waals surface area contributed by atoms with Crippen LogP contribution in [0.2, 0.25) is 5.02 Å². The van der Waals surface area contributed by atoms with Gasteiger partial charge in [0, 0.05) is 42.3 Å². The molecule has 0 aliphatic carbocycles. The van der Waals surface area contributed by atoms with Crippen molar-refractivity contribution < 1.29 is 40.7 Å². The highest BCUT2D eigenvalue weighted by Gasteiger charge is 2.60. The molecule has 1 spiro atoms. The van der Waals surface area contributed by atoms with Gasteiger partial charge in [-0.2, -0.15) is 26.3 Å². The van der Waals surface area contributed by atoms with Gasteiger partial charge in [0.1, 0.15) is 0 Å². The summed E-state index contributed by atoms with van der Waals surface area (Å²) in [5.41, 5.74) is 0.968. The van der Waals surface area contributed by atoms with E-state index in [1.807, 2.05) is 12.1 Å². The Kier molecular flexibility index (Phi) is 9.38. The third-order valence-corrected chi connectivity index (χ3v) is 9.25. The number of hydrogen-bond acceptors (Lipinski definition) is 4. The molecule has 0 aromatic heterocycles. The first-order valence-corrected chi connectivity index (χ1v) is 14.7. The quantitative estimate of drug-likeness (QED) is 0.330. The van der Waals surface area contributed by atoms with Gasteiger partial charge in [0.25, 0.3) is 12.0 Å². The van der Waals surface area contributed by atoms with Crippen LogP contribution in [0.25, 0.3) is 0 Å². The van der Waals surface area contributed by atoms with Crippen LogP contribution in [-0.4, -0.2) is 83.4 Å². The van der Waals surface area contributed by atoms with Crippen LogP contribution in [0.5, 0.6) is 0 Å². The number of nitrogens with zero attached hydrogens (tertiary/aromatic N) is 3. The second-order valence-electron chi connectivity index (χ2n) is 12.9. The van der Waals surface area contributed by atoms with Crippen molar-refractivity contribution in [2.75, 3.05) is 32.7 Å². The molecule has 0 saturated carbocycles. The molecular formula is C29H38ClF6N3O3. The molecule has 3 saturated heterocycles. The average molecular weight is 626 g/mol. The number of carbonyl (C=O) groups is 2. The van der Waals surface area contributed by atoms with Crippen molar-refractivity contribution in [2.45, 2.75) is 89.8 Å². The van der Waals surface area contributed by atoms with Crippen molar-refractivity contribution >= 4 is 23.6 Å². The van der Waals surface area contributed by atoms with E-state index >= 15 is 0 Å². The van der Waals surface area contributed by atoms with Crippen LogP contribution in [0.15, 0.2) is 18.2 Å². The van der Waals surface area contributed by atoms with E-state index in [-0.39, 0.29) is 37.3 Å². The number of amides is 2. The van der Waals surface area contributed by atoms with Gasteiger partial charge in [-0.3, -0.25) is 9.69 Å².